The molecule has 0 heterocycles. The summed E-state index contributed by atoms with van der Waals surface area (Å²) in [5.74, 6) is 0.582. The van der Waals surface area contributed by atoms with Crippen LogP contribution in [0, 0.1) is 0 Å². The van der Waals surface area contributed by atoms with Crippen LogP contribution in [0.3, 0.4) is 0 Å². The zero-order chi connectivity index (χ0) is 20.0. The van der Waals surface area contributed by atoms with Crippen molar-refractivity contribution < 1.29 is 28.0 Å². The molecule has 0 aliphatic rings. The van der Waals surface area contributed by atoms with Gasteiger partial charge in [-0.2, -0.15) is 0 Å². The van der Waals surface area contributed by atoms with Gasteiger partial charge in [0.25, 0.3) is 0 Å². The normalized spacial score (nSPS) is 12.9. The van der Waals surface area contributed by atoms with Crippen molar-refractivity contribution in [2.75, 3.05) is 6.16 Å². The maximum absolute atomic E-state index is 13.6. The van der Waals surface area contributed by atoms with Crippen LogP contribution in [0.15, 0.2) is 91.0 Å². The molecule has 3 aromatic rings. The zero-order valence-electron chi connectivity index (χ0n) is 14.9. The van der Waals surface area contributed by atoms with Crippen LogP contribution in [-0.2, 0) is 9.13 Å². The van der Waals surface area contributed by atoms with E-state index >= 15 is 0 Å². The number of para-hydroxylation sites is 2. The summed E-state index contributed by atoms with van der Waals surface area (Å²) in [4.78, 5) is 19.8. The molecular formula is C20H20O6P2. The van der Waals surface area contributed by atoms with Crippen molar-refractivity contribution in [2.24, 2.45) is 0 Å². The number of benzene rings is 3. The van der Waals surface area contributed by atoms with Gasteiger partial charge in [-0.25, -0.2) is 4.57 Å². The minimum Gasteiger partial charge on any atom is -0.416 e. The SMILES string of the molecule is O=P(CC(c1ccccc1)P(=O)(O)O)(Oc1ccccc1)Oc1ccccc1. The summed E-state index contributed by atoms with van der Waals surface area (Å²) >= 11 is 0. The molecule has 0 aliphatic heterocycles. The van der Waals surface area contributed by atoms with Crippen molar-refractivity contribution in [1.29, 1.82) is 0 Å². The van der Waals surface area contributed by atoms with E-state index in [4.69, 9.17) is 9.05 Å². The van der Waals surface area contributed by atoms with Crippen LogP contribution in [0.25, 0.3) is 0 Å². The molecule has 0 bridgehead atoms. The first-order chi connectivity index (χ1) is 13.4. The molecule has 2 N–H and O–H groups in total. The molecule has 0 spiro atoms. The molecule has 1 atom stereocenters. The van der Waals surface area contributed by atoms with Gasteiger partial charge in [0.15, 0.2) is 0 Å². The first-order valence-corrected chi connectivity index (χ1v) is 12.0. The summed E-state index contributed by atoms with van der Waals surface area (Å²) in [6.45, 7) is 0. The summed E-state index contributed by atoms with van der Waals surface area (Å²) in [7, 11) is -8.61. The molecule has 0 fully saturated rings. The Morgan fingerprint density at radius 1 is 0.679 bits per heavy atom. The fraction of sp³-hybridized carbons (Fsp3) is 0.100. The maximum Gasteiger partial charge on any atom is 0.431 e. The van der Waals surface area contributed by atoms with Crippen molar-refractivity contribution in [2.45, 2.75) is 5.66 Å². The molecule has 0 saturated carbocycles. The van der Waals surface area contributed by atoms with Gasteiger partial charge in [0.1, 0.15) is 11.5 Å². The van der Waals surface area contributed by atoms with Gasteiger partial charge < -0.3 is 18.8 Å². The number of rotatable bonds is 8. The van der Waals surface area contributed by atoms with Gasteiger partial charge in [0, 0.05) is 0 Å². The summed E-state index contributed by atoms with van der Waals surface area (Å²) in [5, 5.41) is 0. The first kappa shape index (κ1) is 20.4. The zero-order valence-corrected chi connectivity index (χ0v) is 16.7. The maximum atomic E-state index is 13.6. The fourth-order valence-electron chi connectivity index (χ4n) is 2.67. The Hall–Kier alpha value is -2.36. The molecule has 6 nitrogen and oxygen atoms in total. The molecule has 0 aromatic heterocycles. The van der Waals surface area contributed by atoms with Gasteiger partial charge >= 0.3 is 15.2 Å². The van der Waals surface area contributed by atoms with Crippen LogP contribution in [-0.4, -0.2) is 15.9 Å². The first-order valence-electron chi connectivity index (χ1n) is 8.54. The largest absolute Gasteiger partial charge is 0.431 e. The van der Waals surface area contributed by atoms with E-state index in [0.29, 0.717) is 17.1 Å². The van der Waals surface area contributed by atoms with Crippen LogP contribution in [0.2, 0.25) is 0 Å². The van der Waals surface area contributed by atoms with E-state index in [0.717, 1.165) is 0 Å². The Bertz CT molecular complexity index is 928. The Balaban J connectivity index is 1.97. The van der Waals surface area contributed by atoms with Gasteiger partial charge in [-0.3, -0.25) is 4.57 Å². The molecule has 0 aliphatic carbocycles. The van der Waals surface area contributed by atoms with Crippen LogP contribution >= 0.6 is 15.2 Å². The van der Waals surface area contributed by atoms with E-state index in [-0.39, 0.29) is 0 Å². The van der Waals surface area contributed by atoms with E-state index in [9.17, 15) is 18.9 Å². The Morgan fingerprint density at radius 2 is 1.07 bits per heavy atom. The minimum absolute atomic E-state index is 0.291. The van der Waals surface area contributed by atoms with E-state index in [1.165, 1.54) is 0 Å². The predicted molar refractivity (Wildman–Crippen MR) is 108 cm³/mol. The lowest BCUT2D eigenvalue weighted by atomic mass is 10.2. The summed E-state index contributed by atoms with van der Waals surface area (Å²) in [6, 6.07) is 25.0. The molecule has 0 amide bonds. The van der Waals surface area contributed by atoms with Gasteiger partial charge in [-0.15, -0.1) is 0 Å². The highest BCUT2D eigenvalue weighted by atomic mass is 31.2. The standard InChI is InChI=1S/C20H20O6P2/c21-27(25-18-12-6-2-7-13-18,26-19-14-8-3-9-15-19)16-20(28(22,23)24)17-10-4-1-5-11-17/h1-15,20H,16H2,(H2,22,23,24). The summed E-state index contributed by atoms with van der Waals surface area (Å²) in [6.07, 6.45) is -0.481. The van der Waals surface area contributed by atoms with Crippen molar-refractivity contribution in [3.05, 3.63) is 96.6 Å². The third-order valence-corrected chi connectivity index (χ3v) is 7.33. The average Bonchev–Trinajstić information content (AvgIpc) is 2.67. The van der Waals surface area contributed by atoms with E-state index < -0.39 is 27.0 Å². The number of hydrogen-bond acceptors (Lipinski definition) is 4. The van der Waals surface area contributed by atoms with Gasteiger partial charge in [-0.1, -0.05) is 66.7 Å². The monoisotopic (exact) mass is 418 g/mol. The van der Waals surface area contributed by atoms with Gasteiger partial charge in [0.2, 0.25) is 0 Å². The highest BCUT2D eigenvalue weighted by molar-refractivity contribution is 7.58. The van der Waals surface area contributed by atoms with Crippen molar-refractivity contribution in [1.82, 2.24) is 0 Å². The molecular weight excluding hydrogens is 398 g/mol. The molecule has 0 saturated heterocycles. The van der Waals surface area contributed by atoms with Crippen molar-refractivity contribution in [3.63, 3.8) is 0 Å². The van der Waals surface area contributed by atoms with E-state index in [1.807, 2.05) is 0 Å². The van der Waals surface area contributed by atoms with Crippen LogP contribution in [0.5, 0.6) is 11.5 Å². The quantitative estimate of drug-likeness (QED) is 0.485. The topological polar surface area (TPSA) is 93.1 Å². The summed E-state index contributed by atoms with van der Waals surface area (Å²) < 4.78 is 37.1. The van der Waals surface area contributed by atoms with Gasteiger partial charge in [-0.05, 0) is 29.8 Å². The van der Waals surface area contributed by atoms with Crippen molar-refractivity contribution in [3.8, 4) is 11.5 Å². The van der Waals surface area contributed by atoms with Crippen LogP contribution in [0.4, 0.5) is 0 Å². The Labute approximate surface area is 163 Å². The van der Waals surface area contributed by atoms with E-state index in [1.54, 1.807) is 91.0 Å². The van der Waals surface area contributed by atoms with Crippen LogP contribution in [0.1, 0.15) is 11.2 Å². The second kappa shape index (κ2) is 8.76. The van der Waals surface area contributed by atoms with Gasteiger partial charge in [0.05, 0.1) is 11.8 Å². The van der Waals surface area contributed by atoms with E-state index in [2.05, 4.69) is 0 Å². The molecule has 146 valence electrons. The molecule has 28 heavy (non-hydrogen) atoms. The third kappa shape index (κ3) is 5.57. The molecule has 3 aromatic carbocycles. The molecule has 8 heteroatoms. The fourth-order valence-corrected chi connectivity index (χ4v) is 6.39. The Morgan fingerprint density at radius 3 is 1.46 bits per heavy atom. The molecule has 1 unspecified atom stereocenters. The smallest absolute Gasteiger partial charge is 0.416 e. The second-order valence-corrected chi connectivity index (χ2v) is 9.87. The van der Waals surface area contributed by atoms with Crippen LogP contribution < -0.4 is 9.05 Å². The highest BCUT2D eigenvalue weighted by Gasteiger charge is 2.41. The molecule has 0 radical (unpaired) electrons. The lowest BCUT2D eigenvalue weighted by Gasteiger charge is -2.25. The predicted octanol–water partition coefficient (Wildman–Crippen LogP) is 5.26. The third-order valence-electron chi connectivity index (χ3n) is 3.96. The second-order valence-electron chi connectivity index (χ2n) is 6.12. The minimum atomic E-state index is -4.64. The lowest BCUT2D eigenvalue weighted by Crippen LogP contribution is -2.13. The number of hydrogen-bond donors (Lipinski definition) is 2. The highest BCUT2D eigenvalue weighted by Crippen LogP contribution is 2.60. The average molecular weight is 418 g/mol. The van der Waals surface area contributed by atoms with Crippen molar-refractivity contribution >= 4 is 15.2 Å². The summed E-state index contributed by atoms with van der Waals surface area (Å²) in [5.41, 5.74) is -0.962. The Kier molecular flexibility index (Phi) is 6.38. The lowest BCUT2D eigenvalue weighted by molar-refractivity contribution is 0.351. The molecule has 3 rings (SSSR count).